The Labute approximate surface area is 101 Å². The van der Waals surface area contributed by atoms with Gasteiger partial charge in [0.25, 0.3) is 5.69 Å². The molecule has 0 aliphatic rings. The number of rotatable bonds is 2. The van der Waals surface area contributed by atoms with Crippen LogP contribution >= 0.6 is 0 Å². The first-order chi connectivity index (χ1) is 8.75. The van der Waals surface area contributed by atoms with Gasteiger partial charge in [-0.25, -0.2) is 4.98 Å². The molecule has 3 rings (SSSR count). The quantitative estimate of drug-likeness (QED) is 0.503. The van der Waals surface area contributed by atoms with Gasteiger partial charge in [-0.3, -0.25) is 10.1 Å². The largest absolute Gasteiger partial charge is 0.287 e. The molecule has 7 nitrogen and oxygen atoms in total. The van der Waals surface area contributed by atoms with E-state index in [4.69, 9.17) is 0 Å². The highest BCUT2D eigenvalue weighted by molar-refractivity contribution is 5.75. The van der Waals surface area contributed by atoms with Gasteiger partial charge in [-0.1, -0.05) is 17.3 Å². The molecule has 1 aromatic carbocycles. The standard InChI is InChI=1S/C11H7N5O2/c17-16(18)8-5-6-11(12-7-8)15-10-4-2-1-3-9(10)13-14-15/h1-7H. The third-order valence-corrected chi connectivity index (χ3v) is 2.51. The number of para-hydroxylation sites is 1. The summed E-state index contributed by atoms with van der Waals surface area (Å²) in [4.78, 5) is 14.1. The number of nitrogens with zero attached hydrogens (tertiary/aromatic N) is 5. The van der Waals surface area contributed by atoms with Gasteiger partial charge < -0.3 is 0 Å². The van der Waals surface area contributed by atoms with Gasteiger partial charge in [0.05, 0.1) is 10.4 Å². The van der Waals surface area contributed by atoms with E-state index < -0.39 is 4.92 Å². The second-order valence-electron chi connectivity index (χ2n) is 3.62. The summed E-state index contributed by atoms with van der Waals surface area (Å²) < 4.78 is 1.54. The van der Waals surface area contributed by atoms with Gasteiger partial charge in [-0.15, -0.1) is 5.10 Å². The van der Waals surface area contributed by atoms with E-state index in [0.717, 1.165) is 11.0 Å². The summed E-state index contributed by atoms with van der Waals surface area (Å²) in [5.41, 5.74) is 1.50. The average molecular weight is 241 g/mol. The lowest BCUT2D eigenvalue weighted by molar-refractivity contribution is -0.385. The van der Waals surface area contributed by atoms with E-state index in [0.29, 0.717) is 5.82 Å². The molecule has 0 spiro atoms. The molecular weight excluding hydrogens is 234 g/mol. The fourth-order valence-corrected chi connectivity index (χ4v) is 1.65. The molecule has 0 atom stereocenters. The molecular formula is C11H7N5O2. The van der Waals surface area contributed by atoms with Crippen molar-refractivity contribution in [1.82, 2.24) is 20.0 Å². The maximum absolute atomic E-state index is 10.5. The summed E-state index contributed by atoms with van der Waals surface area (Å²) >= 11 is 0. The zero-order valence-corrected chi connectivity index (χ0v) is 9.09. The van der Waals surface area contributed by atoms with Gasteiger partial charge in [0.1, 0.15) is 11.7 Å². The minimum absolute atomic E-state index is 0.0526. The van der Waals surface area contributed by atoms with Crippen LogP contribution in [0.25, 0.3) is 16.9 Å². The van der Waals surface area contributed by atoms with Crippen LogP contribution in [0.4, 0.5) is 5.69 Å². The van der Waals surface area contributed by atoms with Crippen molar-refractivity contribution in [3.05, 3.63) is 52.7 Å². The lowest BCUT2D eigenvalue weighted by Gasteiger charge is -1.99. The summed E-state index contributed by atoms with van der Waals surface area (Å²) in [5.74, 6) is 0.495. The van der Waals surface area contributed by atoms with E-state index >= 15 is 0 Å². The van der Waals surface area contributed by atoms with Crippen molar-refractivity contribution >= 4 is 16.7 Å². The van der Waals surface area contributed by atoms with Gasteiger partial charge >= 0.3 is 0 Å². The van der Waals surface area contributed by atoms with E-state index in [1.165, 1.54) is 12.3 Å². The predicted molar refractivity (Wildman–Crippen MR) is 63.3 cm³/mol. The molecule has 0 unspecified atom stereocenters. The van der Waals surface area contributed by atoms with Crippen LogP contribution < -0.4 is 0 Å². The molecule has 0 amide bonds. The Morgan fingerprint density at radius 1 is 1.17 bits per heavy atom. The van der Waals surface area contributed by atoms with Gasteiger partial charge in [0.15, 0.2) is 5.82 Å². The molecule has 0 aliphatic heterocycles. The van der Waals surface area contributed by atoms with Crippen LogP contribution in [0.3, 0.4) is 0 Å². The molecule has 18 heavy (non-hydrogen) atoms. The highest BCUT2D eigenvalue weighted by Crippen LogP contribution is 2.16. The zero-order valence-electron chi connectivity index (χ0n) is 9.09. The Kier molecular flexibility index (Phi) is 2.23. The number of hydrogen-bond acceptors (Lipinski definition) is 5. The average Bonchev–Trinajstić information content (AvgIpc) is 2.82. The highest BCUT2D eigenvalue weighted by atomic mass is 16.6. The Morgan fingerprint density at radius 2 is 2.00 bits per heavy atom. The summed E-state index contributed by atoms with van der Waals surface area (Å²) in [6.07, 6.45) is 1.20. The van der Waals surface area contributed by atoms with E-state index in [9.17, 15) is 10.1 Å². The number of nitro groups is 1. The smallest absolute Gasteiger partial charge is 0.258 e. The molecule has 0 bridgehead atoms. The minimum Gasteiger partial charge on any atom is -0.258 e. The Balaban J connectivity index is 2.12. The summed E-state index contributed by atoms with van der Waals surface area (Å²) in [6, 6.07) is 10.4. The molecule has 0 aliphatic carbocycles. The van der Waals surface area contributed by atoms with E-state index in [-0.39, 0.29) is 5.69 Å². The third kappa shape index (κ3) is 1.58. The van der Waals surface area contributed by atoms with Crippen molar-refractivity contribution < 1.29 is 4.92 Å². The molecule has 88 valence electrons. The van der Waals surface area contributed by atoms with Crippen LogP contribution in [0.2, 0.25) is 0 Å². The predicted octanol–water partition coefficient (Wildman–Crippen LogP) is 1.72. The number of benzene rings is 1. The van der Waals surface area contributed by atoms with E-state index in [1.807, 2.05) is 24.3 Å². The van der Waals surface area contributed by atoms with Crippen molar-refractivity contribution in [3.63, 3.8) is 0 Å². The van der Waals surface area contributed by atoms with Crippen LogP contribution in [-0.2, 0) is 0 Å². The van der Waals surface area contributed by atoms with E-state index in [1.54, 1.807) is 10.7 Å². The molecule has 7 heteroatoms. The van der Waals surface area contributed by atoms with Gasteiger partial charge in [-0.05, 0) is 18.2 Å². The van der Waals surface area contributed by atoms with Gasteiger partial charge in [0, 0.05) is 6.07 Å². The van der Waals surface area contributed by atoms with Crippen molar-refractivity contribution in [2.75, 3.05) is 0 Å². The third-order valence-electron chi connectivity index (χ3n) is 2.51. The van der Waals surface area contributed by atoms with Crippen LogP contribution in [0.1, 0.15) is 0 Å². The van der Waals surface area contributed by atoms with Crippen molar-refractivity contribution in [3.8, 4) is 5.82 Å². The first-order valence-electron chi connectivity index (χ1n) is 5.17. The topological polar surface area (TPSA) is 86.7 Å². The van der Waals surface area contributed by atoms with Crippen molar-refractivity contribution in [2.45, 2.75) is 0 Å². The second kappa shape index (κ2) is 3.88. The number of pyridine rings is 1. The molecule has 0 N–H and O–H groups in total. The molecule has 3 aromatic rings. The highest BCUT2D eigenvalue weighted by Gasteiger charge is 2.09. The zero-order chi connectivity index (χ0) is 12.5. The van der Waals surface area contributed by atoms with Crippen LogP contribution in [0.5, 0.6) is 0 Å². The molecule has 2 aromatic heterocycles. The van der Waals surface area contributed by atoms with E-state index in [2.05, 4.69) is 15.3 Å². The second-order valence-corrected chi connectivity index (χ2v) is 3.62. The first-order valence-corrected chi connectivity index (χ1v) is 5.17. The Hall–Kier alpha value is -2.83. The van der Waals surface area contributed by atoms with Crippen LogP contribution in [0, 0.1) is 10.1 Å². The summed E-state index contributed by atoms with van der Waals surface area (Å²) in [6.45, 7) is 0. The SMILES string of the molecule is O=[N+]([O-])c1ccc(-n2nnc3ccccc32)nc1. The lowest BCUT2D eigenvalue weighted by Crippen LogP contribution is -2.00. The molecule has 0 saturated heterocycles. The van der Waals surface area contributed by atoms with Crippen LogP contribution in [0.15, 0.2) is 42.6 Å². The van der Waals surface area contributed by atoms with Gasteiger partial charge in [0.2, 0.25) is 0 Å². The Bertz CT molecular complexity index is 720. The normalized spacial score (nSPS) is 10.7. The van der Waals surface area contributed by atoms with Crippen molar-refractivity contribution in [2.24, 2.45) is 0 Å². The lowest BCUT2D eigenvalue weighted by atomic mass is 10.3. The number of aromatic nitrogens is 4. The fraction of sp³-hybridized carbons (Fsp3) is 0. The summed E-state index contributed by atoms with van der Waals surface area (Å²) in [5, 5.41) is 18.5. The maximum Gasteiger partial charge on any atom is 0.287 e. The number of hydrogen-bond donors (Lipinski definition) is 0. The maximum atomic E-state index is 10.5. The minimum atomic E-state index is -0.490. The fourth-order valence-electron chi connectivity index (χ4n) is 1.65. The molecule has 0 radical (unpaired) electrons. The molecule has 0 fully saturated rings. The molecule has 0 saturated carbocycles. The monoisotopic (exact) mass is 241 g/mol. The number of fused-ring (bicyclic) bond motifs is 1. The summed E-state index contributed by atoms with van der Waals surface area (Å²) in [7, 11) is 0. The first kappa shape index (κ1) is 10.3. The Morgan fingerprint density at radius 3 is 2.72 bits per heavy atom. The van der Waals surface area contributed by atoms with Crippen LogP contribution in [-0.4, -0.2) is 24.9 Å². The molecule has 2 heterocycles. The van der Waals surface area contributed by atoms with Gasteiger partial charge in [-0.2, -0.15) is 4.68 Å². The van der Waals surface area contributed by atoms with Crippen molar-refractivity contribution in [1.29, 1.82) is 0 Å².